The van der Waals surface area contributed by atoms with Gasteiger partial charge in [-0.25, -0.2) is 4.98 Å². The molecule has 2 N–H and O–H groups in total. The van der Waals surface area contributed by atoms with Crippen LogP contribution in [0.15, 0.2) is 6.20 Å². The zero-order valence-electron chi connectivity index (χ0n) is 6.08. The summed E-state index contributed by atoms with van der Waals surface area (Å²) in [6.07, 6.45) is 2.75. The summed E-state index contributed by atoms with van der Waals surface area (Å²) in [6.45, 7) is 0.694. The van der Waals surface area contributed by atoms with Crippen molar-refractivity contribution in [3.63, 3.8) is 0 Å². The Balaban J connectivity index is 2.44. The molecule has 0 atom stereocenters. The smallest absolute Gasteiger partial charge is 0.200 e. The third-order valence-electron chi connectivity index (χ3n) is 1.96. The number of imidazole rings is 1. The van der Waals surface area contributed by atoms with Gasteiger partial charge < -0.3 is 10.3 Å². The summed E-state index contributed by atoms with van der Waals surface area (Å²) < 4.78 is 1.89. The summed E-state index contributed by atoms with van der Waals surface area (Å²) in [7, 11) is 0. The van der Waals surface area contributed by atoms with Crippen LogP contribution < -0.4 is 5.73 Å². The van der Waals surface area contributed by atoms with Crippen molar-refractivity contribution in [1.82, 2.24) is 9.55 Å². The monoisotopic (exact) mass is 151 g/mol. The number of hydrogen-bond donors (Lipinski definition) is 1. The van der Waals surface area contributed by atoms with Crippen molar-refractivity contribution in [2.45, 2.75) is 19.4 Å². The van der Waals surface area contributed by atoms with E-state index >= 15 is 0 Å². The largest absolute Gasteiger partial charge is 0.369 e. The minimum atomic E-state index is 0.275. The standard InChI is InChI=1S/C7H9N3O/c8-7-9-4-5-3-6(11)1-2-10(5)7/h4H,1-3H2,(H2,8,9). The molecule has 0 bridgehead atoms. The third-order valence-corrected chi connectivity index (χ3v) is 1.96. The number of Topliss-reactive ketones (excluding diaryl/α,β-unsaturated/α-hetero) is 1. The van der Waals surface area contributed by atoms with Gasteiger partial charge in [0.25, 0.3) is 0 Å². The molecule has 0 radical (unpaired) electrons. The number of ketones is 1. The molecule has 0 saturated heterocycles. The first-order chi connectivity index (χ1) is 5.27. The summed E-state index contributed by atoms with van der Waals surface area (Å²) in [6, 6.07) is 0. The lowest BCUT2D eigenvalue weighted by molar-refractivity contribution is -0.119. The summed E-state index contributed by atoms with van der Waals surface area (Å²) >= 11 is 0. The predicted molar refractivity (Wildman–Crippen MR) is 40.0 cm³/mol. The van der Waals surface area contributed by atoms with E-state index in [-0.39, 0.29) is 5.78 Å². The van der Waals surface area contributed by atoms with Crippen molar-refractivity contribution < 1.29 is 4.79 Å². The van der Waals surface area contributed by atoms with Gasteiger partial charge in [0.1, 0.15) is 5.78 Å². The van der Waals surface area contributed by atoms with Crippen molar-refractivity contribution in [2.24, 2.45) is 0 Å². The summed E-state index contributed by atoms with van der Waals surface area (Å²) in [5, 5.41) is 0. The van der Waals surface area contributed by atoms with Gasteiger partial charge in [-0.05, 0) is 0 Å². The van der Waals surface area contributed by atoms with E-state index in [1.54, 1.807) is 6.20 Å². The highest BCUT2D eigenvalue weighted by molar-refractivity contribution is 5.81. The molecule has 0 spiro atoms. The Morgan fingerprint density at radius 1 is 1.64 bits per heavy atom. The molecule has 0 fully saturated rings. The van der Waals surface area contributed by atoms with Crippen molar-refractivity contribution in [2.75, 3.05) is 5.73 Å². The van der Waals surface area contributed by atoms with E-state index in [2.05, 4.69) is 4.98 Å². The average Bonchev–Trinajstić information content (AvgIpc) is 2.32. The number of nitrogens with two attached hydrogens (primary N) is 1. The van der Waals surface area contributed by atoms with E-state index in [1.165, 1.54) is 0 Å². The summed E-state index contributed by atoms with van der Waals surface area (Å²) in [5.41, 5.74) is 6.49. The highest BCUT2D eigenvalue weighted by Crippen LogP contribution is 2.14. The van der Waals surface area contributed by atoms with Crippen LogP contribution in [0.3, 0.4) is 0 Å². The van der Waals surface area contributed by atoms with Crippen LogP contribution in [0.4, 0.5) is 5.95 Å². The number of nitrogens with zero attached hydrogens (tertiary/aromatic N) is 2. The van der Waals surface area contributed by atoms with Gasteiger partial charge in [-0.15, -0.1) is 0 Å². The average molecular weight is 151 g/mol. The van der Waals surface area contributed by atoms with Gasteiger partial charge in [-0.2, -0.15) is 0 Å². The number of nitrogen functional groups attached to an aromatic ring is 1. The molecule has 0 amide bonds. The van der Waals surface area contributed by atoms with Crippen LogP contribution in [0.25, 0.3) is 0 Å². The molecule has 0 unspecified atom stereocenters. The van der Waals surface area contributed by atoms with E-state index in [0.29, 0.717) is 25.3 Å². The van der Waals surface area contributed by atoms with Crippen molar-refractivity contribution >= 4 is 11.7 Å². The van der Waals surface area contributed by atoms with Gasteiger partial charge in [0.05, 0.1) is 6.20 Å². The Labute approximate surface area is 64.0 Å². The number of carbonyl (C=O) groups is 1. The molecule has 0 aliphatic carbocycles. The molecule has 1 aromatic heterocycles. The molecule has 0 aromatic carbocycles. The third kappa shape index (κ3) is 0.906. The Bertz CT molecular complexity index is 303. The van der Waals surface area contributed by atoms with Crippen molar-refractivity contribution in [1.29, 1.82) is 0 Å². The maximum atomic E-state index is 11.0. The first-order valence-electron chi connectivity index (χ1n) is 3.59. The topological polar surface area (TPSA) is 60.9 Å². The molecule has 2 rings (SSSR count). The van der Waals surface area contributed by atoms with Gasteiger partial charge >= 0.3 is 0 Å². The Morgan fingerprint density at radius 2 is 2.45 bits per heavy atom. The molecule has 1 aliphatic rings. The number of anilines is 1. The quantitative estimate of drug-likeness (QED) is 0.567. The van der Waals surface area contributed by atoms with Gasteiger partial charge in [-0.1, -0.05) is 0 Å². The summed E-state index contributed by atoms with van der Waals surface area (Å²) in [4.78, 5) is 14.9. The number of aromatic nitrogens is 2. The zero-order chi connectivity index (χ0) is 7.84. The predicted octanol–water partition coefficient (Wildman–Crippen LogP) is -0.0194. The van der Waals surface area contributed by atoms with Gasteiger partial charge in [0, 0.05) is 25.1 Å². The van der Waals surface area contributed by atoms with Crippen LogP contribution in [-0.4, -0.2) is 15.3 Å². The van der Waals surface area contributed by atoms with Crippen LogP contribution in [0.2, 0.25) is 0 Å². The van der Waals surface area contributed by atoms with Gasteiger partial charge in [0.15, 0.2) is 5.95 Å². The highest BCUT2D eigenvalue weighted by Gasteiger charge is 2.16. The minimum absolute atomic E-state index is 0.275. The fourth-order valence-corrected chi connectivity index (χ4v) is 1.35. The molecule has 11 heavy (non-hydrogen) atoms. The van der Waals surface area contributed by atoms with E-state index < -0.39 is 0 Å². The maximum absolute atomic E-state index is 11.0. The maximum Gasteiger partial charge on any atom is 0.200 e. The number of carbonyl (C=O) groups excluding carboxylic acids is 1. The molecular weight excluding hydrogens is 142 g/mol. The fourth-order valence-electron chi connectivity index (χ4n) is 1.35. The Morgan fingerprint density at radius 3 is 3.27 bits per heavy atom. The number of rotatable bonds is 0. The van der Waals surface area contributed by atoms with E-state index in [1.807, 2.05) is 4.57 Å². The van der Waals surface area contributed by atoms with Gasteiger partial charge in [-0.3, -0.25) is 4.79 Å². The molecule has 1 aliphatic heterocycles. The molecule has 4 nitrogen and oxygen atoms in total. The SMILES string of the molecule is Nc1ncc2n1CCC(=O)C2. The van der Waals surface area contributed by atoms with Crippen LogP contribution in [-0.2, 0) is 17.8 Å². The van der Waals surface area contributed by atoms with Crippen LogP contribution >= 0.6 is 0 Å². The fraction of sp³-hybridized carbons (Fsp3) is 0.429. The number of hydrogen-bond acceptors (Lipinski definition) is 3. The van der Waals surface area contributed by atoms with E-state index in [9.17, 15) is 4.79 Å². The van der Waals surface area contributed by atoms with E-state index in [0.717, 1.165) is 5.69 Å². The van der Waals surface area contributed by atoms with Crippen LogP contribution in [0, 0.1) is 0 Å². The molecule has 2 heterocycles. The van der Waals surface area contributed by atoms with Crippen molar-refractivity contribution in [3.8, 4) is 0 Å². The normalized spacial score (nSPS) is 16.5. The first-order valence-corrected chi connectivity index (χ1v) is 3.59. The lowest BCUT2D eigenvalue weighted by Crippen LogP contribution is -2.19. The van der Waals surface area contributed by atoms with Crippen LogP contribution in [0.1, 0.15) is 12.1 Å². The lowest BCUT2D eigenvalue weighted by atomic mass is 10.1. The second-order valence-corrected chi connectivity index (χ2v) is 2.72. The van der Waals surface area contributed by atoms with Crippen LogP contribution in [0.5, 0.6) is 0 Å². The molecule has 4 heteroatoms. The zero-order valence-corrected chi connectivity index (χ0v) is 6.08. The number of fused-ring (bicyclic) bond motifs is 1. The molecular formula is C7H9N3O. The van der Waals surface area contributed by atoms with Gasteiger partial charge in [0.2, 0.25) is 0 Å². The summed E-state index contributed by atoms with van der Waals surface area (Å²) in [5.74, 6) is 0.796. The second kappa shape index (κ2) is 2.08. The Hall–Kier alpha value is -1.32. The first kappa shape index (κ1) is 6.39. The molecule has 58 valence electrons. The van der Waals surface area contributed by atoms with Crippen molar-refractivity contribution in [3.05, 3.63) is 11.9 Å². The Kier molecular flexibility index (Phi) is 1.21. The molecule has 0 saturated carbocycles. The second-order valence-electron chi connectivity index (χ2n) is 2.72. The lowest BCUT2D eigenvalue weighted by Gasteiger charge is -2.13. The minimum Gasteiger partial charge on any atom is -0.369 e. The highest BCUT2D eigenvalue weighted by atomic mass is 16.1. The van der Waals surface area contributed by atoms with E-state index in [4.69, 9.17) is 5.73 Å². The molecule has 1 aromatic rings.